The number of hydrogen-bond acceptors (Lipinski definition) is 3. The molecule has 17 heavy (non-hydrogen) atoms. The van der Waals surface area contributed by atoms with Gasteiger partial charge in [0.2, 0.25) is 0 Å². The number of nitrogens with one attached hydrogen (secondary N) is 1. The van der Waals surface area contributed by atoms with E-state index in [0.29, 0.717) is 22.2 Å². The van der Waals surface area contributed by atoms with Crippen molar-refractivity contribution in [2.24, 2.45) is 0 Å². The van der Waals surface area contributed by atoms with E-state index in [-0.39, 0.29) is 5.91 Å². The quantitative estimate of drug-likeness (QED) is 0.830. The first-order chi connectivity index (χ1) is 8.16. The highest BCUT2D eigenvalue weighted by atomic mass is 35.5. The topological polar surface area (TPSA) is 54.9 Å². The van der Waals surface area contributed by atoms with Crippen LogP contribution in [-0.4, -0.2) is 15.9 Å². The van der Waals surface area contributed by atoms with E-state index in [1.165, 1.54) is 0 Å². The number of anilines is 1. The summed E-state index contributed by atoms with van der Waals surface area (Å²) in [5.74, 6) is 0.177. The van der Waals surface area contributed by atoms with Gasteiger partial charge in [-0.1, -0.05) is 17.7 Å². The third-order valence-corrected chi connectivity index (χ3v) is 2.42. The van der Waals surface area contributed by atoms with Crippen LogP contribution in [0, 0.1) is 6.92 Å². The first-order valence-corrected chi connectivity index (χ1v) is 5.40. The lowest BCUT2D eigenvalue weighted by Crippen LogP contribution is -2.14. The van der Waals surface area contributed by atoms with E-state index in [9.17, 15) is 4.79 Å². The van der Waals surface area contributed by atoms with Crippen LogP contribution in [0.5, 0.6) is 0 Å². The summed E-state index contributed by atoms with van der Waals surface area (Å²) in [6.45, 7) is 1.78. The van der Waals surface area contributed by atoms with Gasteiger partial charge in [-0.25, -0.2) is 4.98 Å². The highest BCUT2D eigenvalue weighted by molar-refractivity contribution is 6.29. The normalized spacial score (nSPS) is 10.0. The number of halogens is 1. The molecule has 0 aliphatic rings. The Bertz CT molecular complexity index is 557. The SMILES string of the molecule is Cc1ncccc1C(=O)Nc1cccc(Cl)n1. The minimum atomic E-state index is -0.245. The molecule has 2 aromatic heterocycles. The number of amides is 1. The van der Waals surface area contributed by atoms with E-state index in [2.05, 4.69) is 15.3 Å². The molecule has 0 fully saturated rings. The van der Waals surface area contributed by atoms with Gasteiger partial charge < -0.3 is 5.32 Å². The minimum Gasteiger partial charge on any atom is -0.306 e. The van der Waals surface area contributed by atoms with E-state index < -0.39 is 0 Å². The lowest BCUT2D eigenvalue weighted by molar-refractivity contribution is 0.102. The van der Waals surface area contributed by atoms with Gasteiger partial charge in [0.1, 0.15) is 11.0 Å². The molecule has 5 heteroatoms. The summed E-state index contributed by atoms with van der Waals surface area (Å²) in [5, 5.41) is 3.00. The Kier molecular flexibility index (Phi) is 3.35. The fourth-order valence-electron chi connectivity index (χ4n) is 1.39. The fourth-order valence-corrected chi connectivity index (χ4v) is 1.55. The van der Waals surface area contributed by atoms with Crippen LogP contribution in [0.1, 0.15) is 16.1 Å². The second kappa shape index (κ2) is 4.93. The van der Waals surface area contributed by atoms with Gasteiger partial charge in [0.25, 0.3) is 5.91 Å². The molecule has 1 amide bonds. The summed E-state index contributed by atoms with van der Waals surface area (Å²) < 4.78 is 0. The molecule has 0 saturated carbocycles. The van der Waals surface area contributed by atoms with Crippen molar-refractivity contribution in [1.29, 1.82) is 0 Å². The number of carbonyl (C=O) groups is 1. The average molecular weight is 248 g/mol. The van der Waals surface area contributed by atoms with Crippen LogP contribution in [0.25, 0.3) is 0 Å². The van der Waals surface area contributed by atoms with Crippen LogP contribution in [0.2, 0.25) is 5.15 Å². The van der Waals surface area contributed by atoms with Gasteiger partial charge in [-0.2, -0.15) is 0 Å². The minimum absolute atomic E-state index is 0.245. The van der Waals surface area contributed by atoms with E-state index >= 15 is 0 Å². The van der Waals surface area contributed by atoms with Crippen LogP contribution >= 0.6 is 11.6 Å². The molecule has 0 aromatic carbocycles. The Labute approximate surface area is 104 Å². The molecule has 0 aliphatic heterocycles. The zero-order chi connectivity index (χ0) is 12.3. The maximum atomic E-state index is 11.9. The molecule has 0 unspecified atom stereocenters. The number of pyridine rings is 2. The number of carbonyl (C=O) groups excluding carboxylic acids is 1. The molecule has 2 rings (SSSR count). The molecule has 0 saturated heterocycles. The van der Waals surface area contributed by atoms with Crippen molar-refractivity contribution in [3.8, 4) is 0 Å². The molecular formula is C12H10ClN3O. The predicted octanol–water partition coefficient (Wildman–Crippen LogP) is 2.69. The van der Waals surface area contributed by atoms with Crippen molar-refractivity contribution in [1.82, 2.24) is 9.97 Å². The van der Waals surface area contributed by atoms with Gasteiger partial charge in [0.05, 0.1) is 5.56 Å². The van der Waals surface area contributed by atoms with Crippen molar-refractivity contribution in [2.75, 3.05) is 5.32 Å². The van der Waals surface area contributed by atoms with Gasteiger partial charge in [0.15, 0.2) is 0 Å². The van der Waals surface area contributed by atoms with E-state index in [1.807, 2.05) is 0 Å². The molecule has 0 radical (unpaired) electrons. The molecule has 2 heterocycles. The standard InChI is InChI=1S/C12H10ClN3O/c1-8-9(4-3-7-14-8)12(17)16-11-6-2-5-10(13)15-11/h2-7H,1H3,(H,15,16,17). The number of hydrogen-bond donors (Lipinski definition) is 1. The van der Waals surface area contributed by atoms with Crippen LogP contribution in [0.4, 0.5) is 5.82 Å². The largest absolute Gasteiger partial charge is 0.306 e. The van der Waals surface area contributed by atoms with E-state index in [1.54, 1.807) is 43.5 Å². The van der Waals surface area contributed by atoms with Gasteiger partial charge >= 0.3 is 0 Å². The maximum absolute atomic E-state index is 11.9. The van der Waals surface area contributed by atoms with Crippen LogP contribution in [0.3, 0.4) is 0 Å². The monoisotopic (exact) mass is 247 g/mol. The van der Waals surface area contributed by atoms with Gasteiger partial charge in [-0.3, -0.25) is 9.78 Å². The molecule has 0 spiro atoms. The molecule has 0 aliphatic carbocycles. The lowest BCUT2D eigenvalue weighted by atomic mass is 10.2. The molecule has 2 aromatic rings. The zero-order valence-electron chi connectivity index (χ0n) is 9.14. The number of rotatable bonds is 2. The van der Waals surface area contributed by atoms with Gasteiger partial charge in [-0.05, 0) is 31.2 Å². The molecule has 0 atom stereocenters. The van der Waals surface area contributed by atoms with Crippen LogP contribution in [-0.2, 0) is 0 Å². The fraction of sp³-hybridized carbons (Fsp3) is 0.0833. The first-order valence-electron chi connectivity index (χ1n) is 5.02. The zero-order valence-corrected chi connectivity index (χ0v) is 9.90. The van der Waals surface area contributed by atoms with Crippen molar-refractivity contribution in [3.05, 3.63) is 52.9 Å². The first kappa shape index (κ1) is 11.5. The maximum Gasteiger partial charge on any atom is 0.258 e. The third-order valence-electron chi connectivity index (χ3n) is 2.21. The number of nitrogens with zero attached hydrogens (tertiary/aromatic N) is 2. The molecular weight excluding hydrogens is 238 g/mol. The smallest absolute Gasteiger partial charge is 0.258 e. The average Bonchev–Trinajstić information content (AvgIpc) is 2.29. The lowest BCUT2D eigenvalue weighted by Gasteiger charge is -2.06. The molecule has 4 nitrogen and oxygen atoms in total. The Hall–Kier alpha value is -1.94. The van der Waals surface area contributed by atoms with Crippen molar-refractivity contribution in [2.45, 2.75) is 6.92 Å². The number of aryl methyl sites for hydroxylation is 1. The Balaban J connectivity index is 2.20. The Morgan fingerprint density at radius 3 is 2.82 bits per heavy atom. The third kappa shape index (κ3) is 2.79. The number of aromatic nitrogens is 2. The van der Waals surface area contributed by atoms with Gasteiger partial charge in [0, 0.05) is 11.9 Å². The summed E-state index contributed by atoms with van der Waals surface area (Å²) in [4.78, 5) is 19.9. The van der Waals surface area contributed by atoms with Crippen molar-refractivity contribution in [3.63, 3.8) is 0 Å². The summed E-state index contributed by atoms with van der Waals surface area (Å²) >= 11 is 5.73. The Morgan fingerprint density at radius 2 is 2.12 bits per heavy atom. The van der Waals surface area contributed by atoms with E-state index in [0.717, 1.165) is 0 Å². The molecule has 0 bridgehead atoms. The van der Waals surface area contributed by atoms with Crippen LogP contribution in [0.15, 0.2) is 36.5 Å². The predicted molar refractivity (Wildman–Crippen MR) is 66.2 cm³/mol. The highest BCUT2D eigenvalue weighted by Gasteiger charge is 2.09. The highest BCUT2D eigenvalue weighted by Crippen LogP contribution is 2.11. The summed E-state index contributed by atoms with van der Waals surface area (Å²) in [6.07, 6.45) is 1.64. The molecule has 86 valence electrons. The van der Waals surface area contributed by atoms with Crippen molar-refractivity contribution >= 4 is 23.3 Å². The molecule has 1 N–H and O–H groups in total. The summed E-state index contributed by atoms with van der Waals surface area (Å²) in [7, 11) is 0. The second-order valence-electron chi connectivity index (χ2n) is 3.44. The Morgan fingerprint density at radius 1 is 1.29 bits per heavy atom. The second-order valence-corrected chi connectivity index (χ2v) is 3.82. The van der Waals surface area contributed by atoms with E-state index in [4.69, 9.17) is 11.6 Å². The summed E-state index contributed by atoms with van der Waals surface area (Å²) in [5.41, 5.74) is 1.20. The van der Waals surface area contributed by atoms with Gasteiger partial charge in [-0.15, -0.1) is 0 Å². The van der Waals surface area contributed by atoms with Crippen molar-refractivity contribution < 1.29 is 4.79 Å². The van der Waals surface area contributed by atoms with Crippen LogP contribution < -0.4 is 5.32 Å². The summed E-state index contributed by atoms with van der Waals surface area (Å²) in [6, 6.07) is 8.47.